The van der Waals surface area contributed by atoms with E-state index in [1.807, 2.05) is 19.1 Å². The highest BCUT2D eigenvalue weighted by molar-refractivity contribution is 6.11. The lowest BCUT2D eigenvalue weighted by Crippen LogP contribution is -2.52. The highest BCUT2D eigenvalue weighted by Crippen LogP contribution is 2.32. The van der Waals surface area contributed by atoms with Crippen LogP contribution in [0.25, 0.3) is 0 Å². The van der Waals surface area contributed by atoms with Gasteiger partial charge in [0.2, 0.25) is 5.84 Å². The molecule has 2 aromatic carbocycles. The average molecular weight is 481 g/mol. The molecule has 2 amide bonds. The third-order valence-electron chi connectivity index (χ3n) is 5.42. The summed E-state index contributed by atoms with van der Waals surface area (Å²) < 4.78 is 10.2. The van der Waals surface area contributed by atoms with Crippen LogP contribution in [0.4, 0.5) is 15.3 Å². The molecule has 3 rings (SSSR count). The molecule has 35 heavy (non-hydrogen) atoms. The van der Waals surface area contributed by atoms with Gasteiger partial charge in [0.15, 0.2) is 5.69 Å². The number of quaternary nitrogens is 1. The van der Waals surface area contributed by atoms with Crippen molar-refractivity contribution in [3.05, 3.63) is 72.1 Å². The normalized spacial score (nSPS) is 17.0. The number of ether oxygens (including phenoxy) is 2. The van der Waals surface area contributed by atoms with Crippen molar-refractivity contribution in [3.63, 3.8) is 0 Å². The predicted molar refractivity (Wildman–Crippen MR) is 132 cm³/mol. The van der Waals surface area contributed by atoms with E-state index in [2.05, 4.69) is 4.99 Å². The number of rotatable bonds is 6. The summed E-state index contributed by atoms with van der Waals surface area (Å²) in [5.74, 6) is 0.126. The number of carboxylic acid groups (broad SMARTS) is 1. The van der Waals surface area contributed by atoms with Gasteiger partial charge in [0.05, 0.1) is 18.2 Å². The Morgan fingerprint density at radius 1 is 1.06 bits per heavy atom. The van der Waals surface area contributed by atoms with Gasteiger partial charge < -0.3 is 19.5 Å². The molecule has 0 bridgehead atoms. The van der Waals surface area contributed by atoms with Crippen LogP contribution in [0.3, 0.4) is 0 Å². The van der Waals surface area contributed by atoms with Gasteiger partial charge in [-0.2, -0.15) is 4.79 Å². The fourth-order valence-corrected chi connectivity index (χ4v) is 3.57. The SMILES string of the molecule is Cc1ccccc1C(=O)Oc1ccc([N+]2(C(=O)O)C=CN=C2CCN(C)C(=O)OC(C)(C)C)cc1. The average Bonchev–Trinajstić information content (AvgIpc) is 3.22. The van der Waals surface area contributed by atoms with Crippen molar-refractivity contribution in [2.24, 2.45) is 4.99 Å². The van der Waals surface area contributed by atoms with E-state index >= 15 is 0 Å². The number of carbonyl (C=O) groups is 3. The highest BCUT2D eigenvalue weighted by atomic mass is 16.6. The second-order valence-corrected chi connectivity index (χ2v) is 9.20. The largest absolute Gasteiger partial charge is 0.529 e. The molecule has 0 saturated heterocycles. The Labute approximate surface area is 204 Å². The summed E-state index contributed by atoms with van der Waals surface area (Å²) in [5, 5.41) is 10.2. The van der Waals surface area contributed by atoms with Gasteiger partial charge in [0.25, 0.3) is 0 Å². The van der Waals surface area contributed by atoms with Crippen LogP contribution in [0.1, 0.15) is 43.1 Å². The molecule has 9 nitrogen and oxygen atoms in total. The third kappa shape index (κ3) is 5.75. The first-order chi connectivity index (χ1) is 16.4. The van der Waals surface area contributed by atoms with Crippen molar-refractivity contribution >= 4 is 29.7 Å². The van der Waals surface area contributed by atoms with Crippen molar-refractivity contribution in [2.45, 2.75) is 39.7 Å². The number of aliphatic imine (C=N–C) groups is 1. The van der Waals surface area contributed by atoms with Gasteiger partial charge in [-0.1, -0.05) is 18.2 Å². The van der Waals surface area contributed by atoms with Crippen molar-refractivity contribution in [1.29, 1.82) is 0 Å². The molecule has 0 saturated carbocycles. The maximum absolute atomic E-state index is 12.5. The standard InChI is InChI=1S/C26H29N3O6/c1-18-8-6-7-9-21(18)23(30)34-20-12-10-19(11-13-20)29(25(32)33)17-15-27-22(29)14-16-28(5)24(31)35-26(2,3)4/h6-13,15,17H,14,16H2,1-5H3/p+1. The smallest absolute Gasteiger partial charge is 0.444 e. The molecule has 1 N–H and O–H groups in total. The fourth-order valence-electron chi connectivity index (χ4n) is 3.57. The molecule has 1 aliphatic rings. The fraction of sp³-hybridized carbons (Fsp3) is 0.308. The van der Waals surface area contributed by atoms with Crippen LogP contribution in [0.2, 0.25) is 0 Å². The zero-order valence-corrected chi connectivity index (χ0v) is 20.5. The number of carbonyl (C=O) groups excluding carboxylic acids is 2. The lowest BCUT2D eigenvalue weighted by molar-refractivity contribution is 0.0302. The van der Waals surface area contributed by atoms with Crippen LogP contribution in [0.5, 0.6) is 5.75 Å². The van der Waals surface area contributed by atoms with Gasteiger partial charge in [-0.25, -0.2) is 14.6 Å². The van der Waals surface area contributed by atoms with Crippen molar-refractivity contribution in [2.75, 3.05) is 13.6 Å². The number of benzene rings is 2. The van der Waals surface area contributed by atoms with Gasteiger partial charge in [0, 0.05) is 25.7 Å². The zero-order valence-electron chi connectivity index (χ0n) is 20.5. The second-order valence-electron chi connectivity index (χ2n) is 9.20. The van der Waals surface area contributed by atoms with Gasteiger partial charge in [-0.3, -0.25) is 0 Å². The van der Waals surface area contributed by atoms with E-state index < -0.39 is 28.2 Å². The van der Waals surface area contributed by atoms with Crippen LogP contribution in [0.15, 0.2) is 65.9 Å². The molecule has 1 atom stereocenters. The number of hydrogen-bond donors (Lipinski definition) is 1. The van der Waals surface area contributed by atoms with E-state index in [1.165, 1.54) is 17.3 Å². The first-order valence-corrected chi connectivity index (χ1v) is 11.1. The topological polar surface area (TPSA) is 106 Å². The third-order valence-corrected chi connectivity index (χ3v) is 5.42. The molecule has 0 fully saturated rings. The Bertz CT molecular complexity index is 1180. The van der Waals surface area contributed by atoms with Gasteiger partial charge >= 0.3 is 18.2 Å². The van der Waals surface area contributed by atoms with Crippen LogP contribution >= 0.6 is 0 Å². The van der Waals surface area contributed by atoms with E-state index in [0.717, 1.165) is 5.56 Å². The monoisotopic (exact) mass is 480 g/mol. The van der Waals surface area contributed by atoms with Crippen molar-refractivity contribution in [1.82, 2.24) is 9.38 Å². The first kappa shape index (κ1) is 25.6. The second kappa shape index (κ2) is 10.1. The molecule has 1 heterocycles. The molecule has 1 aliphatic heterocycles. The first-order valence-electron chi connectivity index (χ1n) is 11.1. The number of hydrogen-bond acceptors (Lipinski definition) is 6. The van der Waals surface area contributed by atoms with Crippen molar-refractivity contribution < 1.29 is 29.0 Å². The Hall–Kier alpha value is -3.98. The molecule has 9 heteroatoms. The number of aryl methyl sites for hydroxylation is 1. The number of esters is 1. The molecular formula is C26H30N3O6+. The predicted octanol–water partition coefficient (Wildman–Crippen LogP) is 5.34. The Morgan fingerprint density at radius 2 is 1.71 bits per heavy atom. The minimum absolute atomic E-state index is 0.207. The Morgan fingerprint density at radius 3 is 2.31 bits per heavy atom. The van der Waals surface area contributed by atoms with Crippen LogP contribution in [0, 0.1) is 6.92 Å². The molecule has 2 aromatic rings. The molecule has 184 valence electrons. The van der Waals surface area contributed by atoms with E-state index in [0.29, 0.717) is 17.1 Å². The Kier molecular flexibility index (Phi) is 7.40. The Balaban J connectivity index is 1.75. The maximum atomic E-state index is 12.5. The number of amidine groups is 1. The zero-order chi connectivity index (χ0) is 25.8. The molecule has 1 unspecified atom stereocenters. The number of amides is 2. The molecule has 0 aromatic heterocycles. The summed E-state index contributed by atoms with van der Waals surface area (Å²) in [6.07, 6.45) is 1.45. The van der Waals surface area contributed by atoms with Crippen LogP contribution < -0.4 is 9.22 Å². The van der Waals surface area contributed by atoms with E-state index in [4.69, 9.17) is 9.47 Å². The van der Waals surface area contributed by atoms with Crippen LogP contribution in [-0.2, 0) is 4.74 Å². The van der Waals surface area contributed by atoms with Gasteiger partial charge in [-0.15, -0.1) is 4.48 Å². The highest BCUT2D eigenvalue weighted by Gasteiger charge is 2.46. The molecule has 0 aliphatic carbocycles. The maximum Gasteiger partial charge on any atom is 0.529 e. The van der Waals surface area contributed by atoms with Gasteiger partial charge in [0.1, 0.15) is 17.6 Å². The van der Waals surface area contributed by atoms with Gasteiger partial charge in [-0.05, 0) is 51.5 Å². The molecule has 0 spiro atoms. The minimum atomic E-state index is -1.15. The summed E-state index contributed by atoms with van der Waals surface area (Å²) in [6, 6.07) is 13.4. The summed E-state index contributed by atoms with van der Waals surface area (Å²) in [5.41, 5.74) is 1.02. The van der Waals surface area contributed by atoms with Crippen molar-refractivity contribution in [3.8, 4) is 5.75 Å². The summed E-state index contributed by atoms with van der Waals surface area (Å²) in [4.78, 5) is 42.9. The van der Waals surface area contributed by atoms with E-state index in [9.17, 15) is 19.5 Å². The quantitative estimate of drug-likeness (QED) is 0.340. The van der Waals surface area contributed by atoms with Crippen LogP contribution in [-0.4, -0.2) is 53.2 Å². The lowest BCUT2D eigenvalue weighted by atomic mass is 10.1. The minimum Gasteiger partial charge on any atom is -0.444 e. The molecule has 0 radical (unpaired) electrons. The summed E-state index contributed by atoms with van der Waals surface area (Å²) in [7, 11) is 1.59. The van der Waals surface area contributed by atoms with E-state index in [-0.39, 0.29) is 18.7 Å². The summed E-state index contributed by atoms with van der Waals surface area (Å²) in [6.45, 7) is 7.37. The molecular weight excluding hydrogens is 450 g/mol. The number of nitrogens with zero attached hydrogens (tertiary/aromatic N) is 3. The van der Waals surface area contributed by atoms with E-state index in [1.54, 1.807) is 64.2 Å². The lowest BCUT2D eigenvalue weighted by Gasteiger charge is -2.28. The summed E-state index contributed by atoms with van der Waals surface area (Å²) >= 11 is 0.